The van der Waals surface area contributed by atoms with Gasteiger partial charge in [-0.3, -0.25) is 0 Å². The Morgan fingerprint density at radius 3 is 2.24 bits per heavy atom. The normalized spacial score (nSPS) is 18.6. The van der Waals surface area contributed by atoms with Crippen LogP contribution in [0.2, 0.25) is 0 Å². The van der Waals surface area contributed by atoms with Gasteiger partial charge in [-0.05, 0) is 41.8 Å². The van der Waals surface area contributed by atoms with Crippen LogP contribution in [0.5, 0.6) is 11.5 Å². The van der Waals surface area contributed by atoms with E-state index >= 15 is 0 Å². The van der Waals surface area contributed by atoms with Gasteiger partial charge in [0.2, 0.25) is 0 Å². The lowest BCUT2D eigenvalue weighted by Gasteiger charge is -2.24. The van der Waals surface area contributed by atoms with Crippen LogP contribution >= 0.6 is 15.9 Å². The Morgan fingerprint density at radius 1 is 1.24 bits per heavy atom. The molecule has 0 radical (unpaired) electrons. The predicted molar refractivity (Wildman–Crippen MR) is 71.8 cm³/mol. The number of hydrogen-bond acceptors (Lipinski definition) is 3. The van der Waals surface area contributed by atoms with Gasteiger partial charge in [0.15, 0.2) is 11.5 Å². The Bertz CT molecular complexity index is 428. The molecule has 1 aliphatic carbocycles. The van der Waals surface area contributed by atoms with Gasteiger partial charge in [0.1, 0.15) is 0 Å². The van der Waals surface area contributed by atoms with Crippen molar-refractivity contribution in [3.05, 3.63) is 22.2 Å². The summed E-state index contributed by atoms with van der Waals surface area (Å²) in [5.74, 6) is 1.55. The van der Waals surface area contributed by atoms with Crippen LogP contribution in [-0.2, 0) is 5.41 Å². The summed E-state index contributed by atoms with van der Waals surface area (Å²) < 4.78 is 11.8. The van der Waals surface area contributed by atoms with E-state index in [2.05, 4.69) is 28.9 Å². The van der Waals surface area contributed by atoms with Gasteiger partial charge in [0.05, 0.1) is 18.7 Å². The number of methoxy groups -OCH3 is 2. The minimum atomic E-state index is 0.0688. The van der Waals surface area contributed by atoms with Crippen molar-refractivity contribution >= 4 is 15.9 Å². The van der Waals surface area contributed by atoms with Gasteiger partial charge in [-0.15, -0.1) is 0 Å². The van der Waals surface area contributed by atoms with Crippen LogP contribution in [0.3, 0.4) is 0 Å². The summed E-state index contributed by atoms with van der Waals surface area (Å²) in [6, 6.07) is 4.21. The van der Waals surface area contributed by atoms with Crippen molar-refractivity contribution in [1.82, 2.24) is 0 Å². The SMILES string of the molecule is COc1c(Br)ccc(C2(C(C)N)CC2)c1OC. The standard InChI is InChI=1S/C13H18BrNO2/c1-8(15)13(6-7-13)9-4-5-10(14)12(17-3)11(9)16-2/h4-5,8H,6-7,15H2,1-3H3. The fourth-order valence-corrected chi connectivity index (χ4v) is 2.90. The highest BCUT2D eigenvalue weighted by Crippen LogP contribution is 2.55. The maximum Gasteiger partial charge on any atom is 0.175 e. The first-order chi connectivity index (χ1) is 8.06. The Kier molecular flexibility index (Phi) is 3.36. The van der Waals surface area contributed by atoms with E-state index in [1.54, 1.807) is 14.2 Å². The van der Waals surface area contributed by atoms with E-state index < -0.39 is 0 Å². The minimum Gasteiger partial charge on any atom is -0.493 e. The van der Waals surface area contributed by atoms with Crippen molar-refractivity contribution in [2.24, 2.45) is 5.73 Å². The molecule has 94 valence electrons. The Labute approximate surface area is 110 Å². The molecule has 0 amide bonds. The molecule has 1 fully saturated rings. The lowest BCUT2D eigenvalue weighted by molar-refractivity contribution is 0.344. The van der Waals surface area contributed by atoms with Crippen LogP contribution in [0.1, 0.15) is 25.3 Å². The number of nitrogens with two attached hydrogens (primary N) is 1. The second-order valence-corrected chi connectivity index (χ2v) is 5.46. The lowest BCUT2D eigenvalue weighted by Crippen LogP contribution is -2.32. The molecule has 3 nitrogen and oxygen atoms in total. The monoisotopic (exact) mass is 299 g/mol. The summed E-state index contributed by atoms with van der Waals surface area (Å²) in [5.41, 5.74) is 7.34. The van der Waals surface area contributed by atoms with Crippen molar-refractivity contribution in [3.8, 4) is 11.5 Å². The fourth-order valence-electron chi connectivity index (χ4n) is 2.43. The average molecular weight is 300 g/mol. The van der Waals surface area contributed by atoms with Gasteiger partial charge in [-0.25, -0.2) is 0 Å². The molecule has 0 aromatic heterocycles. The zero-order chi connectivity index (χ0) is 12.6. The number of halogens is 1. The number of ether oxygens (including phenoxy) is 2. The van der Waals surface area contributed by atoms with E-state index in [1.165, 1.54) is 0 Å². The first-order valence-corrected chi connectivity index (χ1v) is 6.52. The van der Waals surface area contributed by atoms with Crippen LogP contribution in [0.25, 0.3) is 0 Å². The Hall–Kier alpha value is -0.740. The molecule has 0 bridgehead atoms. The third-order valence-corrected chi connectivity index (χ3v) is 4.29. The highest BCUT2D eigenvalue weighted by molar-refractivity contribution is 9.10. The highest BCUT2D eigenvalue weighted by atomic mass is 79.9. The molecule has 17 heavy (non-hydrogen) atoms. The van der Waals surface area contributed by atoms with Gasteiger partial charge >= 0.3 is 0 Å². The topological polar surface area (TPSA) is 44.5 Å². The first kappa shape index (κ1) is 12.7. The second kappa shape index (κ2) is 4.50. The number of hydrogen-bond donors (Lipinski definition) is 1. The summed E-state index contributed by atoms with van der Waals surface area (Å²) in [7, 11) is 3.32. The zero-order valence-corrected chi connectivity index (χ0v) is 12.0. The largest absolute Gasteiger partial charge is 0.493 e. The minimum absolute atomic E-state index is 0.0688. The van der Waals surface area contributed by atoms with Crippen molar-refractivity contribution in [2.75, 3.05) is 14.2 Å². The molecule has 1 saturated carbocycles. The molecule has 2 rings (SSSR count). The van der Waals surface area contributed by atoms with Gasteiger partial charge in [-0.2, -0.15) is 0 Å². The molecule has 1 atom stereocenters. The summed E-state index contributed by atoms with van der Waals surface area (Å²) in [6.45, 7) is 2.06. The molecule has 0 saturated heterocycles. The quantitative estimate of drug-likeness (QED) is 0.930. The molecule has 0 aliphatic heterocycles. The van der Waals surface area contributed by atoms with Gasteiger partial charge in [0, 0.05) is 17.0 Å². The van der Waals surface area contributed by atoms with Gasteiger partial charge < -0.3 is 15.2 Å². The zero-order valence-electron chi connectivity index (χ0n) is 10.4. The smallest absolute Gasteiger partial charge is 0.175 e. The molecule has 4 heteroatoms. The second-order valence-electron chi connectivity index (χ2n) is 4.61. The van der Waals surface area contributed by atoms with Crippen LogP contribution < -0.4 is 15.2 Å². The van der Waals surface area contributed by atoms with Crippen LogP contribution in [0.15, 0.2) is 16.6 Å². The maximum absolute atomic E-state index is 6.11. The number of rotatable bonds is 4. The van der Waals surface area contributed by atoms with E-state index in [4.69, 9.17) is 15.2 Å². The van der Waals surface area contributed by atoms with Crippen molar-refractivity contribution in [2.45, 2.75) is 31.2 Å². The van der Waals surface area contributed by atoms with Crippen molar-refractivity contribution in [3.63, 3.8) is 0 Å². The predicted octanol–water partition coefficient (Wildman–Crippen LogP) is 2.85. The summed E-state index contributed by atoms with van der Waals surface area (Å²) >= 11 is 3.47. The lowest BCUT2D eigenvalue weighted by atomic mass is 9.88. The molecule has 0 spiro atoms. The molecule has 1 unspecified atom stereocenters. The number of benzene rings is 1. The van der Waals surface area contributed by atoms with E-state index in [0.717, 1.165) is 34.4 Å². The molecular weight excluding hydrogens is 282 g/mol. The Balaban J connectivity index is 2.55. The van der Waals surface area contributed by atoms with Crippen molar-refractivity contribution < 1.29 is 9.47 Å². The van der Waals surface area contributed by atoms with Crippen molar-refractivity contribution in [1.29, 1.82) is 0 Å². The first-order valence-electron chi connectivity index (χ1n) is 5.73. The maximum atomic E-state index is 6.11. The van der Waals surface area contributed by atoms with E-state index in [9.17, 15) is 0 Å². The molecular formula is C13H18BrNO2. The third-order valence-electron chi connectivity index (χ3n) is 3.67. The van der Waals surface area contributed by atoms with Gasteiger partial charge in [0.25, 0.3) is 0 Å². The van der Waals surface area contributed by atoms with E-state index in [1.807, 2.05) is 6.07 Å². The van der Waals surface area contributed by atoms with Crippen LogP contribution in [-0.4, -0.2) is 20.3 Å². The molecule has 1 aromatic carbocycles. The van der Waals surface area contributed by atoms with Crippen LogP contribution in [0, 0.1) is 0 Å². The summed E-state index contributed by atoms with van der Waals surface area (Å²) in [4.78, 5) is 0. The summed E-state index contributed by atoms with van der Waals surface area (Å²) in [5, 5.41) is 0. The molecule has 1 aromatic rings. The molecule has 0 heterocycles. The molecule has 1 aliphatic rings. The Morgan fingerprint density at radius 2 is 1.82 bits per heavy atom. The van der Waals surface area contributed by atoms with Gasteiger partial charge in [-0.1, -0.05) is 6.07 Å². The van der Waals surface area contributed by atoms with E-state index in [-0.39, 0.29) is 11.5 Å². The van der Waals surface area contributed by atoms with Crippen LogP contribution in [0.4, 0.5) is 0 Å². The molecule has 2 N–H and O–H groups in total. The average Bonchev–Trinajstić information content (AvgIpc) is 3.09. The van der Waals surface area contributed by atoms with E-state index in [0.29, 0.717) is 0 Å². The summed E-state index contributed by atoms with van der Waals surface area (Å²) in [6.07, 6.45) is 2.23. The third kappa shape index (κ3) is 1.93. The fraction of sp³-hybridized carbons (Fsp3) is 0.538. The highest BCUT2D eigenvalue weighted by Gasteiger charge is 2.49.